The van der Waals surface area contributed by atoms with Gasteiger partial charge in [0.1, 0.15) is 0 Å². The van der Waals surface area contributed by atoms with Crippen LogP contribution in [0.4, 0.5) is 0 Å². The zero-order valence-corrected chi connectivity index (χ0v) is 13.0. The van der Waals surface area contributed by atoms with E-state index in [1.54, 1.807) is 11.8 Å². The van der Waals surface area contributed by atoms with E-state index in [4.69, 9.17) is 5.11 Å². The summed E-state index contributed by atoms with van der Waals surface area (Å²) in [5.41, 5.74) is 2.46. The molecule has 112 valence electrons. The second-order valence-corrected chi connectivity index (χ2v) is 6.60. The SMILES string of the molecule is O=C(O)CCC1C=CSC1(c1ccccc1)c1ccccc1. The van der Waals surface area contributed by atoms with Crippen LogP contribution in [0.5, 0.6) is 0 Å². The molecule has 1 unspecified atom stereocenters. The molecule has 0 bridgehead atoms. The molecule has 3 heteroatoms. The summed E-state index contributed by atoms with van der Waals surface area (Å²) in [6, 6.07) is 20.8. The normalized spacial score (nSPS) is 19.2. The van der Waals surface area contributed by atoms with E-state index >= 15 is 0 Å². The van der Waals surface area contributed by atoms with Gasteiger partial charge in [0.2, 0.25) is 0 Å². The Balaban J connectivity index is 2.06. The molecule has 0 radical (unpaired) electrons. The second-order valence-electron chi connectivity index (χ2n) is 5.45. The van der Waals surface area contributed by atoms with Crippen molar-refractivity contribution in [3.8, 4) is 0 Å². The number of hydrogen-bond donors (Lipinski definition) is 1. The minimum Gasteiger partial charge on any atom is -0.481 e. The van der Waals surface area contributed by atoms with Crippen molar-refractivity contribution in [2.24, 2.45) is 5.92 Å². The molecule has 1 N–H and O–H groups in total. The number of thioether (sulfide) groups is 1. The molecule has 0 saturated heterocycles. The largest absolute Gasteiger partial charge is 0.481 e. The van der Waals surface area contributed by atoms with Crippen LogP contribution in [0.15, 0.2) is 72.1 Å². The number of rotatable bonds is 5. The zero-order chi connectivity index (χ0) is 15.4. The lowest BCUT2D eigenvalue weighted by atomic mass is 9.78. The van der Waals surface area contributed by atoms with Crippen molar-refractivity contribution in [1.82, 2.24) is 0 Å². The molecular weight excluding hydrogens is 292 g/mol. The highest BCUT2D eigenvalue weighted by Crippen LogP contribution is 2.55. The summed E-state index contributed by atoms with van der Waals surface area (Å²) in [6.45, 7) is 0. The molecular formula is C19H18O2S. The highest BCUT2D eigenvalue weighted by Gasteiger charge is 2.43. The molecule has 3 rings (SSSR count). The van der Waals surface area contributed by atoms with Crippen LogP contribution in [-0.2, 0) is 9.54 Å². The first kappa shape index (κ1) is 14.9. The molecule has 2 aromatic carbocycles. The van der Waals surface area contributed by atoms with Gasteiger partial charge < -0.3 is 5.11 Å². The predicted octanol–water partition coefficient (Wildman–Crippen LogP) is 4.67. The van der Waals surface area contributed by atoms with E-state index in [1.807, 2.05) is 36.4 Å². The predicted molar refractivity (Wildman–Crippen MR) is 90.8 cm³/mol. The summed E-state index contributed by atoms with van der Waals surface area (Å²) in [7, 11) is 0. The third-order valence-electron chi connectivity index (χ3n) is 4.16. The van der Waals surface area contributed by atoms with Crippen molar-refractivity contribution < 1.29 is 9.90 Å². The van der Waals surface area contributed by atoms with Gasteiger partial charge in [-0.05, 0) is 23.0 Å². The number of aliphatic carboxylic acids is 1. The maximum absolute atomic E-state index is 11.0. The Bertz CT molecular complexity index is 625. The van der Waals surface area contributed by atoms with Crippen LogP contribution in [-0.4, -0.2) is 11.1 Å². The highest BCUT2D eigenvalue weighted by molar-refractivity contribution is 8.03. The van der Waals surface area contributed by atoms with Crippen molar-refractivity contribution in [3.05, 3.63) is 83.3 Å². The standard InChI is InChI=1S/C19H18O2S/c20-18(21)12-11-17-13-14-22-19(17,15-7-3-1-4-8-15)16-9-5-2-6-10-16/h1-10,13-14,17H,11-12H2,(H,20,21). The Kier molecular flexibility index (Phi) is 4.34. The number of benzene rings is 2. The Morgan fingerprint density at radius 3 is 2.05 bits per heavy atom. The fraction of sp³-hybridized carbons (Fsp3) is 0.211. The first-order valence-electron chi connectivity index (χ1n) is 7.41. The topological polar surface area (TPSA) is 37.3 Å². The smallest absolute Gasteiger partial charge is 0.303 e. The molecule has 0 aliphatic carbocycles. The summed E-state index contributed by atoms with van der Waals surface area (Å²) in [5, 5.41) is 11.2. The summed E-state index contributed by atoms with van der Waals surface area (Å²) in [5.74, 6) is -0.557. The summed E-state index contributed by atoms with van der Waals surface area (Å²) < 4.78 is -0.224. The average molecular weight is 310 g/mol. The van der Waals surface area contributed by atoms with Gasteiger partial charge in [0.05, 0.1) is 4.75 Å². The van der Waals surface area contributed by atoms with Crippen LogP contribution in [0, 0.1) is 5.92 Å². The third-order valence-corrected chi connectivity index (χ3v) is 5.60. The van der Waals surface area contributed by atoms with Crippen molar-refractivity contribution in [1.29, 1.82) is 0 Å². The van der Waals surface area contributed by atoms with Gasteiger partial charge in [0.15, 0.2) is 0 Å². The van der Waals surface area contributed by atoms with Gasteiger partial charge in [-0.15, -0.1) is 11.8 Å². The van der Waals surface area contributed by atoms with E-state index in [9.17, 15) is 4.79 Å². The van der Waals surface area contributed by atoms with Gasteiger partial charge in [-0.2, -0.15) is 0 Å². The van der Waals surface area contributed by atoms with Crippen molar-refractivity contribution in [2.45, 2.75) is 17.6 Å². The van der Waals surface area contributed by atoms with Gasteiger partial charge in [-0.3, -0.25) is 4.79 Å². The molecule has 0 fully saturated rings. The van der Waals surface area contributed by atoms with E-state index in [0.29, 0.717) is 6.42 Å². The van der Waals surface area contributed by atoms with Crippen LogP contribution in [0.3, 0.4) is 0 Å². The number of allylic oxidation sites excluding steroid dienone is 1. The van der Waals surface area contributed by atoms with Gasteiger partial charge in [0, 0.05) is 12.3 Å². The highest BCUT2D eigenvalue weighted by atomic mass is 32.2. The zero-order valence-electron chi connectivity index (χ0n) is 12.2. The lowest BCUT2D eigenvalue weighted by Gasteiger charge is -2.36. The summed E-state index contributed by atoms with van der Waals surface area (Å²) in [4.78, 5) is 11.0. The fourth-order valence-electron chi connectivity index (χ4n) is 3.15. The molecule has 0 amide bonds. The monoisotopic (exact) mass is 310 g/mol. The van der Waals surface area contributed by atoms with E-state index in [-0.39, 0.29) is 17.1 Å². The first-order chi connectivity index (χ1) is 10.7. The van der Waals surface area contributed by atoms with Gasteiger partial charge >= 0.3 is 5.97 Å². The Labute approximate surface area is 134 Å². The molecule has 1 heterocycles. The fourth-order valence-corrected chi connectivity index (χ4v) is 4.54. The van der Waals surface area contributed by atoms with Gasteiger partial charge in [-0.25, -0.2) is 0 Å². The molecule has 1 atom stereocenters. The molecule has 2 aromatic rings. The van der Waals surface area contributed by atoms with Gasteiger partial charge in [-0.1, -0.05) is 66.7 Å². The van der Waals surface area contributed by atoms with Crippen LogP contribution in [0.2, 0.25) is 0 Å². The summed E-state index contributed by atoms with van der Waals surface area (Å²) in [6.07, 6.45) is 2.99. The number of hydrogen-bond acceptors (Lipinski definition) is 2. The van der Waals surface area contributed by atoms with Crippen LogP contribution in [0.25, 0.3) is 0 Å². The first-order valence-corrected chi connectivity index (χ1v) is 8.29. The summed E-state index contributed by atoms with van der Waals surface area (Å²) >= 11 is 1.78. The quantitative estimate of drug-likeness (QED) is 0.872. The molecule has 1 aliphatic heterocycles. The van der Waals surface area contributed by atoms with Crippen molar-refractivity contribution in [2.75, 3.05) is 0 Å². The minimum atomic E-state index is -0.736. The van der Waals surface area contributed by atoms with Crippen molar-refractivity contribution >= 4 is 17.7 Å². The molecule has 0 aromatic heterocycles. The van der Waals surface area contributed by atoms with Gasteiger partial charge in [0.25, 0.3) is 0 Å². The lowest BCUT2D eigenvalue weighted by molar-refractivity contribution is -0.137. The van der Waals surface area contributed by atoms with E-state index in [2.05, 4.69) is 35.7 Å². The molecule has 22 heavy (non-hydrogen) atoms. The average Bonchev–Trinajstić information content (AvgIpc) is 2.99. The minimum absolute atomic E-state index is 0.179. The van der Waals surface area contributed by atoms with Crippen LogP contribution in [0.1, 0.15) is 24.0 Å². The number of carbonyl (C=O) groups is 1. The maximum atomic E-state index is 11.0. The Morgan fingerprint density at radius 2 is 1.55 bits per heavy atom. The number of carboxylic acids is 1. The van der Waals surface area contributed by atoms with Crippen LogP contribution >= 0.6 is 11.8 Å². The van der Waals surface area contributed by atoms with Crippen LogP contribution < -0.4 is 0 Å². The molecule has 2 nitrogen and oxygen atoms in total. The molecule has 0 saturated carbocycles. The number of carboxylic acid groups (broad SMARTS) is 1. The Morgan fingerprint density at radius 1 is 1.00 bits per heavy atom. The second kappa shape index (κ2) is 6.41. The third kappa shape index (κ3) is 2.69. The molecule has 0 spiro atoms. The van der Waals surface area contributed by atoms with E-state index in [1.165, 1.54) is 11.1 Å². The molecule has 1 aliphatic rings. The maximum Gasteiger partial charge on any atom is 0.303 e. The Hall–Kier alpha value is -2.00. The van der Waals surface area contributed by atoms with Crippen molar-refractivity contribution in [3.63, 3.8) is 0 Å². The van der Waals surface area contributed by atoms with E-state index in [0.717, 1.165) is 0 Å². The van der Waals surface area contributed by atoms with E-state index < -0.39 is 5.97 Å². The lowest BCUT2D eigenvalue weighted by Crippen LogP contribution is -2.30.